The van der Waals surface area contributed by atoms with Gasteiger partial charge in [0.25, 0.3) is 0 Å². The number of carbonyl (C=O) groups is 2. The number of hydrogen-bond acceptors (Lipinski definition) is 11. The summed E-state index contributed by atoms with van der Waals surface area (Å²) in [6, 6.07) is 0. The molecular formula is C31H37N9O4. The number of aryl methyl sites for hydroxylation is 2. The molecule has 0 saturated carbocycles. The number of hydrogen-bond donors (Lipinski definition) is 0. The molecule has 0 radical (unpaired) electrons. The van der Waals surface area contributed by atoms with E-state index in [4.69, 9.17) is 9.47 Å². The highest BCUT2D eigenvalue weighted by Gasteiger charge is 2.17. The zero-order valence-corrected chi connectivity index (χ0v) is 25.7. The van der Waals surface area contributed by atoms with E-state index in [1.165, 1.54) is 25.2 Å². The molecule has 0 bridgehead atoms. The average Bonchev–Trinajstić information content (AvgIpc) is 3.80. The first-order valence-corrected chi connectivity index (χ1v) is 14.4. The fraction of sp³-hybridized carbons (Fsp3) is 0.355. The van der Waals surface area contributed by atoms with E-state index in [2.05, 4.69) is 35.0 Å². The van der Waals surface area contributed by atoms with E-state index in [1.54, 1.807) is 41.7 Å². The summed E-state index contributed by atoms with van der Waals surface area (Å²) in [5.74, 6) is 0.242. The molecule has 0 atom stereocenters. The van der Waals surface area contributed by atoms with Crippen molar-refractivity contribution in [3.05, 3.63) is 72.0 Å². The molecule has 0 aliphatic carbocycles. The van der Waals surface area contributed by atoms with E-state index in [0.717, 1.165) is 24.2 Å². The molecule has 44 heavy (non-hydrogen) atoms. The minimum Gasteiger partial charge on any atom is -0.462 e. The van der Waals surface area contributed by atoms with Gasteiger partial charge < -0.3 is 14.4 Å². The molecule has 1 fully saturated rings. The minimum atomic E-state index is -0.418. The van der Waals surface area contributed by atoms with Gasteiger partial charge in [0.2, 0.25) is 0 Å². The van der Waals surface area contributed by atoms with Crippen molar-refractivity contribution in [1.29, 1.82) is 0 Å². The van der Waals surface area contributed by atoms with E-state index in [9.17, 15) is 9.59 Å². The lowest BCUT2D eigenvalue weighted by Crippen LogP contribution is -2.12. The Bertz CT molecular complexity index is 1630. The number of esters is 2. The van der Waals surface area contributed by atoms with Crippen LogP contribution in [0.3, 0.4) is 0 Å². The van der Waals surface area contributed by atoms with Gasteiger partial charge in [-0.1, -0.05) is 6.08 Å². The van der Waals surface area contributed by atoms with Crippen molar-refractivity contribution in [3.8, 4) is 22.8 Å². The zero-order chi connectivity index (χ0) is 31.5. The Labute approximate surface area is 256 Å². The number of allylic oxidation sites excluding steroid dienone is 1. The number of likely N-dealkylation sites (tertiary alicyclic amines) is 1. The summed E-state index contributed by atoms with van der Waals surface area (Å²) in [7, 11) is 3.66. The third-order valence-electron chi connectivity index (χ3n) is 6.46. The second-order valence-corrected chi connectivity index (χ2v) is 9.79. The van der Waals surface area contributed by atoms with Gasteiger partial charge in [-0.05, 0) is 45.8 Å². The van der Waals surface area contributed by atoms with Gasteiger partial charge in [0.1, 0.15) is 11.1 Å². The van der Waals surface area contributed by atoms with Crippen LogP contribution in [0.25, 0.3) is 34.9 Å². The smallest absolute Gasteiger partial charge is 0.341 e. The molecule has 1 saturated heterocycles. The molecule has 1 aliphatic rings. The predicted molar refractivity (Wildman–Crippen MR) is 165 cm³/mol. The number of aromatic nitrogens is 8. The Morgan fingerprint density at radius 1 is 0.773 bits per heavy atom. The molecule has 13 heteroatoms. The van der Waals surface area contributed by atoms with Crippen LogP contribution in [0.4, 0.5) is 0 Å². The van der Waals surface area contributed by atoms with Gasteiger partial charge in [0, 0.05) is 58.2 Å². The summed E-state index contributed by atoms with van der Waals surface area (Å²) in [5.41, 5.74) is 3.45. The summed E-state index contributed by atoms with van der Waals surface area (Å²) >= 11 is 0. The second-order valence-electron chi connectivity index (χ2n) is 9.79. The maximum absolute atomic E-state index is 12.1. The lowest BCUT2D eigenvalue weighted by atomic mass is 10.2. The average molecular weight is 600 g/mol. The summed E-state index contributed by atoms with van der Waals surface area (Å²) in [4.78, 5) is 43.7. The van der Waals surface area contributed by atoms with Crippen LogP contribution in [0, 0.1) is 0 Å². The van der Waals surface area contributed by atoms with Crippen LogP contribution < -0.4 is 0 Å². The molecule has 1 aliphatic heterocycles. The van der Waals surface area contributed by atoms with Crippen LogP contribution in [0.1, 0.15) is 65.7 Å². The lowest BCUT2D eigenvalue weighted by Gasteiger charge is -2.11. The van der Waals surface area contributed by atoms with Crippen molar-refractivity contribution < 1.29 is 19.1 Å². The first kappa shape index (κ1) is 31.7. The van der Waals surface area contributed by atoms with Crippen molar-refractivity contribution in [3.63, 3.8) is 0 Å². The van der Waals surface area contributed by atoms with E-state index in [-0.39, 0.29) is 0 Å². The van der Waals surface area contributed by atoms with E-state index in [1.807, 2.05) is 51.8 Å². The Hall–Kier alpha value is -5.20. The first-order chi connectivity index (χ1) is 21.3. The van der Waals surface area contributed by atoms with E-state index < -0.39 is 11.9 Å². The maximum atomic E-state index is 12.1. The van der Waals surface area contributed by atoms with Gasteiger partial charge in [0.05, 0.1) is 48.1 Å². The molecule has 0 unspecified atom stereocenters. The van der Waals surface area contributed by atoms with Gasteiger partial charge in [0.15, 0.2) is 11.6 Å². The quantitative estimate of drug-likeness (QED) is 0.255. The predicted octanol–water partition coefficient (Wildman–Crippen LogP) is 4.21. The van der Waals surface area contributed by atoms with Crippen LogP contribution >= 0.6 is 0 Å². The van der Waals surface area contributed by atoms with Crippen LogP contribution in [0.5, 0.6) is 0 Å². The molecular weight excluding hydrogens is 562 g/mol. The molecule has 0 N–H and O–H groups in total. The Kier molecular flexibility index (Phi) is 11.0. The molecule has 4 aromatic rings. The Morgan fingerprint density at radius 2 is 1.25 bits per heavy atom. The standard InChI is InChI=1S/C17H21N5O2.C14H16N4O2/c1-3-24-17(23)14-11-18-16(13-10-19-21(2)12-13)20-15(14)6-9-22-7-4-5-8-22;1-4-6-12-11(14(19)20-5-2)8-15-13(17-12)10-7-16-18(3)9-10/h6,9-12H,3-5,7-8H2,1-2H3;4,6-9H,5H2,1-3H3/b9-6+;6-4+. The highest BCUT2D eigenvalue weighted by atomic mass is 16.5. The highest BCUT2D eigenvalue weighted by Crippen LogP contribution is 2.19. The first-order valence-electron chi connectivity index (χ1n) is 14.4. The monoisotopic (exact) mass is 599 g/mol. The van der Waals surface area contributed by atoms with Gasteiger partial charge in [-0.3, -0.25) is 9.36 Å². The third kappa shape index (κ3) is 8.21. The summed E-state index contributed by atoms with van der Waals surface area (Å²) in [6.07, 6.45) is 19.9. The minimum absolute atomic E-state index is 0.318. The molecule has 5 rings (SSSR count). The topological polar surface area (TPSA) is 143 Å². The summed E-state index contributed by atoms with van der Waals surface area (Å²) < 4.78 is 13.5. The summed E-state index contributed by atoms with van der Waals surface area (Å²) in [5, 5.41) is 8.22. The van der Waals surface area contributed by atoms with E-state index in [0.29, 0.717) is 47.4 Å². The number of rotatable bonds is 9. The van der Waals surface area contributed by atoms with Gasteiger partial charge in [-0.15, -0.1) is 0 Å². The van der Waals surface area contributed by atoms with E-state index >= 15 is 0 Å². The summed E-state index contributed by atoms with van der Waals surface area (Å²) in [6.45, 7) is 8.11. The Morgan fingerprint density at radius 3 is 1.66 bits per heavy atom. The van der Waals surface area contributed by atoms with Crippen LogP contribution in [0.15, 0.2) is 49.5 Å². The largest absolute Gasteiger partial charge is 0.462 e. The molecule has 0 spiro atoms. The molecule has 0 amide bonds. The number of nitrogens with zero attached hydrogens (tertiary/aromatic N) is 9. The van der Waals surface area contributed by atoms with Gasteiger partial charge >= 0.3 is 11.9 Å². The molecule has 230 valence electrons. The van der Waals surface area contributed by atoms with Crippen molar-refractivity contribution in [2.75, 3.05) is 26.3 Å². The molecule has 0 aromatic carbocycles. The normalized spacial score (nSPS) is 12.9. The fourth-order valence-electron chi connectivity index (χ4n) is 4.35. The third-order valence-corrected chi connectivity index (χ3v) is 6.46. The van der Waals surface area contributed by atoms with Crippen LogP contribution in [-0.4, -0.2) is 82.6 Å². The fourth-order valence-corrected chi connectivity index (χ4v) is 4.35. The molecule has 5 heterocycles. The van der Waals surface area contributed by atoms with Crippen molar-refractivity contribution in [1.82, 2.24) is 44.4 Å². The highest BCUT2D eigenvalue weighted by molar-refractivity contribution is 5.93. The van der Waals surface area contributed by atoms with Crippen molar-refractivity contribution in [2.45, 2.75) is 33.6 Å². The molecule has 13 nitrogen and oxygen atoms in total. The van der Waals surface area contributed by atoms with Crippen molar-refractivity contribution >= 4 is 24.1 Å². The van der Waals surface area contributed by atoms with Crippen molar-refractivity contribution in [2.24, 2.45) is 14.1 Å². The van der Waals surface area contributed by atoms with Gasteiger partial charge in [-0.2, -0.15) is 10.2 Å². The van der Waals surface area contributed by atoms with Gasteiger partial charge in [-0.25, -0.2) is 29.5 Å². The molecule has 4 aromatic heterocycles. The number of carbonyl (C=O) groups excluding carboxylic acids is 2. The Balaban J connectivity index is 0.000000204. The lowest BCUT2D eigenvalue weighted by molar-refractivity contribution is 0.0515. The second kappa shape index (κ2) is 15.3. The number of ether oxygens (including phenoxy) is 2. The van der Waals surface area contributed by atoms with Crippen LogP contribution in [0.2, 0.25) is 0 Å². The van der Waals surface area contributed by atoms with Crippen LogP contribution in [-0.2, 0) is 23.6 Å². The maximum Gasteiger partial charge on any atom is 0.341 e. The SMILES string of the molecule is C/C=C/c1nc(-c2cnn(C)c2)ncc1C(=O)OCC.CCOC(=O)c1cnc(-c2cnn(C)c2)nc1/C=C/N1CCCC1. The zero-order valence-electron chi connectivity index (χ0n) is 25.7.